The molecule has 0 N–H and O–H groups in total. The first-order valence-corrected chi connectivity index (χ1v) is 6.58. The van der Waals surface area contributed by atoms with Crippen molar-refractivity contribution >= 4 is 5.91 Å². The molecule has 1 fully saturated rings. The highest BCUT2D eigenvalue weighted by Gasteiger charge is 2.36. The highest BCUT2D eigenvalue weighted by atomic mass is 16.2. The molecular formula is C15H21NO. The maximum Gasteiger partial charge on any atom is 0.223 e. The van der Waals surface area contributed by atoms with Gasteiger partial charge in [-0.2, -0.15) is 0 Å². The van der Waals surface area contributed by atoms with Gasteiger partial charge in [0.05, 0.1) is 0 Å². The topological polar surface area (TPSA) is 20.3 Å². The zero-order valence-electron chi connectivity index (χ0n) is 10.7. The molecule has 0 unspecified atom stereocenters. The van der Waals surface area contributed by atoms with Crippen LogP contribution in [0.4, 0.5) is 0 Å². The van der Waals surface area contributed by atoms with Crippen LogP contribution in [-0.4, -0.2) is 23.4 Å². The quantitative estimate of drug-likeness (QED) is 0.779. The number of unbranched alkanes of at least 4 members (excludes halogenated alkanes) is 1. The second-order valence-electron chi connectivity index (χ2n) is 4.90. The summed E-state index contributed by atoms with van der Waals surface area (Å²) in [6.07, 6.45) is 2.93. The molecule has 1 aromatic rings. The zero-order valence-corrected chi connectivity index (χ0v) is 10.7. The Kier molecular flexibility index (Phi) is 3.82. The van der Waals surface area contributed by atoms with Crippen molar-refractivity contribution in [1.82, 2.24) is 4.90 Å². The number of hydrogen-bond acceptors (Lipinski definition) is 1. The molecule has 2 heteroatoms. The van der Waals surface area contributed by atoms with E-state index in [9.17, 15) is 4.79 Å². The van der Waals surface area contributed by atoms with Crippen LogP contribution in [0.2, 0.25) is 0 Å². The summed E-state index contributed by atoms with van der Waals surface area (Å²) in [6, 6.07) is 10.8. The van der Waals surface area contributed by atoms with Crippen LogP contribution < -0.4 is 0 Å². The van der Waals surface area contributed by atoms with Crippen LogP contribution in [0.5, 0.6) is 0 Å². The summed E-state index contributed by atoms with van der Waals surface area (Å²) in [5.74, 6) is 0.695. The van der Waals surface area contributed by atoms with Gasteiger partial charge in [-0.05, 0) is 18.9 Å². The van der Waals surface area contributed by atoms with E-state index in [0.717, 1.165) is 19.4 Å². The summed E-state index contributed by atoms with van der Waals surface area (Å²) in [7, 11) is 0. The average molecular weight is 231 g/mol. The molecule has 17 heavy (non-hydrogen) atoms. The van der Waals surface area contributed by atoms with Crippen molar-refractivity contribution < 1.29 is 4.79 Å². The minimum Gasteiger partial charge on any atom is -0.339 e. The van der Waals surface area contributed by atoms with E-state index in [-0.39, 0.29) is 0 Å². The van der Waals surface area contributed by atoms with Crippen molar-refractivity contribution in [3.63, 3.8) is 0 Å². The molecule has 2 nitrogen and oxygen atoms in total. The monoisotopic (exact) mass is 231 g/mol. The summed E-state index contributed by atoms with van der Waals surface area (Å²) in [6.45, 7) is 5.26. The van der Waals surface area contributed by atoms with Crippen molar-refractivity contribution in [2.24, 2.45) is 0 Å². The smallest absolute Gasteiger partial charge is 0.223 e. The first-order chi connectivity index (χ1) is 8.24. The Balaban J connectivity index is 2.10. The van der Waals surface area contributed by atoms with Gasteiger partial charge in [0.1, 0.15) is 0 Å². The van der Waals surface area contributed by atoms with Crippen LogP contribution in [0.15, 0.2) is 30.3 Å². The molecule has 1 heterocycles. The lowest BCUT2D eigenvalue weighted by Gasteiger charge is -2.24. The van der Waals surface area contributed by atoms with E-state index in [4.69, 9.17) is 0 Å². The number of carbonyl (C=O) groups excluding carboxylic acids is 1. The number of nitrogens with zero attached hydrogens (tertiary/aromatic N) is 1. The van der Waals surface area contributed by atoms with Crippen molar-refractivity contribution in [3.05, 3.63) is 35.9 Å². The van der Waals surface area contributed by atoms with Crippen LogP contribution >= 0.6 is 0 Å². The van der Waals surface area contributed by atoms with Crippen molar-refractivity contribution in [3.8, 4) is 0 Å². The van der Waals surface area contributed by atoms with Gasteiger partial charge in [0, 0.05) is 24.9 Å². The number of rotatable bonds is 4. The fourth-order valence-electron chi connectivity index (χ4n) is 2.67. The highest BCUT2D eigenvalue weighted by molar-refractivity contribution is 5.80. The van der Waals surface area contributed by atoms with Crippen LogP contribution in [0, 0.1) is 0 Å². The molecule has 0 aliphatic carbocycles. The summed E-state index contributed by atoms with van der Waals surface area (Å²) in [4.78, 5) is 14.1. The van der Waals surface area contributed by atoms with Gasteiger partial charge in [0.15, 0.2) is 0 Å². The Hall–Kier alpha value is -1.31. The van der Waals surface area contributed by atoms with Crippen LogP contribution in [0.25, 0.3) is 0 Å². The van der Waals surface area contributed by atoms with Gasteiger partial charge in [-0.3, -0.25) is 4.79 Å². The number of likely N-dealkylation sites (tertiary alicyclic amines) is 1. The fourth-order valence-corrected chi connectivity index (χ4v) is 2.67. The van der Waals surface area contributed by atoms with E-state index in [2.05, 4.69) is 43.0 Å². The van der Waals surface area contributed by atoms with Crippen LogP contribution in [0.1, 0.15) is 44.6 Å². The zero-order chi connectivity index (χ0) is 12.3. The minimum atomic E-state index is 0.319. The Labute approximate surface area is 104 Å². The van der Waals surface area contributed by atoms with Gasteiger partial charge >= 0.3 is 0 Å². The number of carbonyl (C=O) groups is 1. The summed E-state index contributed by atoms with van der Waals surface area (Å²) >= 11 is 0. The maximum absolute atomic E-state index is 12.0. The molecule has 1 aliphatic rings. The third kappa shape index (κ3) is 2.51. The molecule has 1 aromatic carbocycles. The number of hydrogen-bond donors (Lipinski definition) is 0. The predicted octanol–water partition coefficient (Wildman–Crippen LogP) is 3.19. The van der Waals surface area contributed by atoms with Gasteiger partial charge in [-0.15, -0.1) is 0 Å². The molecule has 0 spiro atoms. The van der Waals surface area contributed by atoms with Gasteiger partial charge in [-0.1, -0.05) is 43.7 Å². The Morgan fingerprint density at radius 3 is 2.65 bits per heavy atom. The van der Waals surface area contributed by atoms with E-state index < -0.39 is 0 Å². The molecule has 1 aliphatic heterocycles. The van der Waals surface area contributed by atoms with E-state index >= 15 is 0 Å². The van der Waals surface area contributed by atoms with E-state index in [1.54, 1.807) is 0 Å². The standard InChI is InChI=1S/C15H21NO/c1-3-4-10-16-12(2)14(11-15(16)17)13-8-6-5-7-9-13/h5-9,12,14H,3-4,10-11H2,1-2H3/t12-,14-/m1/s1. The van der Waals surface area contributed by atoms with Gasteiger partial charge in [0.25, 0.3) is 0 Å². The highest BCUT2D eigenvalue weighted by Crippen LogP contribution is 2.34. The molecule has 2 atom stereocenters. The van der Waals surface area contributed by atoms with Crippen LogP contribution in [0.3, 0.4) is 0 Å². The molecule has 0 bridgehead atoms. The van der Waals surface area contributed by atoms with Gasteiger partial charge < -0.3 is 4.90 Å². The maximum atomic E-state index is 12.0. The van der Waals surface area contributed by atoms with Gasteiger partial charge in [0.2, 0.25) is 5.91 Å². The molecular weight excluding hydrogens is 210 g/mol. The number of benzene rings is 1. The molecule has 0 radical (unpaired) electrons. The van der Waals surface area contributed by atoms with Crippen molar-refractivity contribution in [1.29, 1.82) is 0 Å². The molecule has 92 valence electrons. The average Bonchev–Trinajstić information content (AvgIpc) is 2.64. The minimum absolute atomic E-state index is 0.319. The predicted molar refractivity (Wildman–Crippen MR) is 69.9 cm³/mol. The largest absolute Gasteiger partial charge is 0.339 e. The second-order valence-corrected chi connectivity index (χ2v) is 4.90. The Morgan fingerprint density at radius 2 is 2.00 bits per heavy atom. The van der Waals surface area contributed by atoms with Gasteiger partial charge in [-0.25, -0.2) is 0 Å². The van der Waals surface area contributed by atoms with Crippen LogP contribution in [-0.2, 0) is 4.79 Å². The lowest BCUT2D eigenvalue weighted by atomic mass is 9.93. The lowest BCUT2D eigenvalue weighted by molar-refractivity contribution is -0.128. The molecule has 0 saturated carbocycles. The summed E-state index contributed by atoms with van der Waals surface area (Å²) in [5, 5.41) is 0. The van der Waals surface area contributed by atoms with Crippen molar-refractivity contribution in [2.75, 3.05) is 6.54 Å². The van der Waals surface area contributed by atoms with E-state index in [1.165, 1.54) is 5.56 Å². The SMILES string of the molecule is CCCCN1C(=O)C[C@@H](c2ccccc2)[C@H]1C. The fraction of sp³-hybridized carbons (Fsp3) is 0.533. The number of amides is 1. The summed E-state index contributed by atoms with van der Waals surface area (Å²) < 4.78 is 0. The van der Waals surface area contributed by atoms with E-state index in [1.807, 2.05) is 6.07 Å². The third-order valence-corrected chi connectivity index (χ3v) is 3.77. The first-order valence-electron chi connectivity index (χ1n) is 6.58. The molecule has 2 rings (SSSR count). The Morgan fingerprint density at radius 1 is 1.29 bits per heavy atom. The Bertz CT molecular complexity index is 374. The van der Waals surface area contributed by atoms with Crippen molar-refractivity contribution in [2.45, 2.75) is 45.1 Å². The second kappa shape index (κ2) is 5.35. The lowest BCUT2D eigenvalue weighted by Crippen LogP contribution is -2.33. The summed E-state index contributed by atoms with van der Waals surface area (Å²) in [5.41, 5.74) is 1.30. The third-order valence-electron chi connectivity index (χ3n) is 3.77. The normalized spacial score (nSPS) is 24.4. The molecule has 1 saturated heterocycles. The molecule has 1 amide bonds. The van der Waals surface area contributed by atoms with E-state index in [0.29, 0.717) is 24.3 Å². The first kappa shape index (κ1) is 12.2. The molecule has 0 aromatic heterocycles.